The van der Waals surface area contributed by atoms with E-state index in [9.17, 15) is 4.79 Å². The zero-order chi connectivity index (χ0) is 11.4. The number of benzene rings is 1. The molecule has 86 valence electrons. The van der Waals surface area contributed by atoms with Crippen LogP contribution in [0.5, 0.6) is 0 Å². The number of hydrogen-bond acceptors (Lipinski definition) is 2. The first-order valence-corrected chi connectivity index (χ1v) is 7.22. The Morgan fingerprint density at radius 1 is 1.12 bits per heavy atom. The summed E-state index contributed by atoms with van der Waals surface area (Å²) in [5.74, 6) is 0.640. The van der Waals surface area contributed by atoms with Gasteiger partial charge in [0.05, 0.1) is 0 Å². The third-order valence-electron chi connectivity index (χ3n) is 3.35. The standard InChI is InChI=1S/C14H18OS/c1-16-13-9-7-12(8-10-13)14(15)11-5-3-2-4-6-11/h7-11H,2-6H2,1H3. The first-order chi connectivity index (χ1) is 7.81. The van der Waals surface area contributed by atoms with Crippen LogP contribution >= 0.6 is 11.8 Å². The summed E-state index contributed by atoms with van der Waals surface area (Å²) in [6.07, 6.45) is 7.97. The molecule has 0 radical (unpaired) electrons. The lowest BCUT2D eigenvalue weighted by molar-refractivity contribution is 0.0889. The van der Waals surface area contributed by atoms with Crippen molar-refractivity contribution in [2.75, 3.05) is 6.26 Å². The molecule has 1 aromatic carbocycles. The molecule has 1 aliphatic rings. The Morgan fingerprint density at radius 3 is 2.31 bits per heavy atom. The topological polar surface area (TPSA) is 17.1 Å². The second kappa shape index (κ2) is 5.53. The molecule has 0 N–H and O–H groups in total. The first-order valence-electron chi connectivity index (χ1n) is 5.99. The number of carbonyl (C=O) groups is 1. The molecular formula is C14H18OS. The van der Waals surface area contributed by atoms with E-state index in [0.29, 0.717) is 5.78 Å². The van der Waals surface area contributed by atoms with Crippen LogP contribution in [0.4, 0.5) is 0 Å². The quantitative estimate of drug-likeness (QED) is 0.576. The van der Waals surface area contributed by atoms with E-state index in [-0.39, 0.29) is 5.92 Å². The molecule has 16 heavy (non-hydrogen) atoms. The lowest BCUT2D eigenvalue weighted by Crippen LogP contribution is -2.17. The van der Waals surface area contributed by atoms with Gasteiger partial charge in [-0.1, -0.05) is 31.4 Å². The van der Waals surface area contributed by atoms with Gasteiger partial charge in [-0.25, -0.2) is 0 Å². The Hall–Kier alpha value is -0.760. The summed E-state index contributed by atoms with van der Waals surface area (Å²) in [6.45, 7) is 0. The molecule has 0 aliphatic heterocycles. The monoisotopic (exact) mass is 234 g/mol. The van der Waals surface area contributed by atoms with Crippen molar-refractivity contribution >= 4 is 17.5 Å². The van der Waals surface area contributed by atoms with Gasteiger partial charge in [-0.05, 0) is 31.2 Å². The SMILES string of the molecule is CSc1ccc(C(=O)C2CCCCC2)cc1. The van der Waals surface area contributed by atoms with Crippen molar-refractivity contribution < 1.29 is 4.79 Å². The normalized spacial score (nSPS) is 17.3. The van der Waals surface area contributed by atoms with Crippen LogP contribution in [0.15, 0.2) is 29.2 Å². The van der Waals surface area contributed by atoms with E-state index in [1.807, 2.05) is 24.3 Å². The van der Waals surface area contributed by atoms with Crippen LogP contribution in [0.25, 0.3) is 0 Å². The minimum atomic E-state index is 0.286. The predicted octanol–water partition coefficient (Wildman–Crippen LogP) is 4.17. The molecule has 0 atom stereocenters. The fourth-order valence-electron chi connectivity index (χ4n) is 2.36. The van der Waals surface area contributed by atoms with Gasteiger partial charge in [0.25, 0.3) is 0 Å². The summed E-state index contributed by atoms with van der Waals surface area (Å²) < 4.78 is 0. The van der Waals surface area contributed by atoms with E-state index in [2.05, 4.69) is 6.26 Å². The Labute approximate surface area is 102 Å². The molecule has 0 spiro atoms. The highest BCUT2D eigenvalue weighted by atomic mass is 32.2. The van der Waals surface area contributed by atoms with E-state index >= 15 is 0 Å². The van der Waals surface area contributed by atoms with Gasteiger partial charge >= 0.3 is 0 Å². The summed E-state index contributed by atoms with van der Waals surface area (Å²) in [6, 6.07) is 8.03. The molecule has 1 saturated carbocycles. The number of ketones is 1. The maximum atomic E-state index is 12.2. The van der Waals surface area contributed by atoms with Gasteiger partial charge in [0.2, 0.25) is 0 Å². The second-order valence-electron chi connectivity index (χ2n) is 4.43. The minimum Gasteiger partial charge on any atom is -0.294 e. The van der Waals surface area contributed by atoms with Crippen LogP contribution in [0.2, 0.25) is 0 Å². The van der Waals surface area contributed by atoms with Gasteiger partial charge in [-0.3, -0.25) is 4.79 Å². The molecule has 0 saturated heterocycles. The molecule has 0 amide bonds. The van der Waals surface area contributed by atoms with Crippen molar-refractivity contribution in [3.63, 3.8) is 0 Å². The van der Waals surface area contributed by atoms with Gasteiger partial charge in [0.15, 0.2) is 5.78 Å². The summed E-state index contributed by atoms with van der Waals surface area (Å²) >= 11 is 1.71. The lowest BCUT2D eigenvalue weighted by Gasteiger charge is -2.20. The first kappa shape index (κ1) is 11.7. The highest BCUT2D eigenvalue weighted by Gasteiger charge is 2.21. The molecule has 0 aromatic heterocycles. The summed E-state index contributed by atoms with van der Waals surface area (Å²) in [5, 5.41) is 0. The molecule has 0 bridgehead atoms. The van der Waals surface area contributed by atoms with E-state index in [4.69, 9.17) is 0 Å². The Bertz CT molecular complexity index is 350. The number of carbonyl (C=O) groups excluding carboxylic acids is 1. The Kier molecular flexibility index (Phi) is 4.05. The third kappa shape index (κ3) is 2.67. The van der Waals surface area contributed by atoms with Crippen LogP contribution < -0.4 is 0 Å². The van der Waals surface area contributed by atoms with E-state index < -0.39 is 0 Å². The van der Waals surface area contributed by atoms with Crippen molar-refractivity contribution in [1.29, 1.82) is 0 Å². The van der Waals surface area contributed by atoms with Crippen molar-refractivity contribution in [3.05, 3.63) is 29.8 Å². The molecule has 1 fully saturated rings. The van der Waals surface area contributed by atoms with Gasteiger partial charge < -0.3 is 0 Å². The Morgan fingerprint density at radius 2 is 1.75 bits per heavy atom. The van der Waals surface area contributed by atoms with Crippen molar-refractivity contribution in [3.8, 4) is 0 Å². The average molecular weight is 234 g/mol. The number of rotatable bonds is 3. The van der Waals surface area contributed by atoms with E-state index in [0.717, 1.165) is 18.4 Å². The molecule has 1 aliphatic carbocycles. The van der Waals surface area contributed by atoms with Crippen molar-refractivity contribution in [2.24, 2.45) is 5.92 Å². The molecule has 2 heteroatoms. The number of hydrogen-bond donors (Lipinski definition) is 0. The van der Waals surface area contributed by atoms with Crippen molar-refractivity contribution in [2.45, 2.75) is 37.0 Å². The van der Waals surface area contributed by atoms with Gasteiger partial charge in [-0.15, -0.1) is 11.8 Å². The molecule has 0 unspecified atom stereocenters. The van der Waals surface area contributed by atoms with Crippen LogP contribution in [0.1, 0.15) is 42.5 Å². The smallest absolute Gasteiger partial charge is 0.165 e. The largest absolute Gasteiger partial charge is 0.294 e. The highest BCUT2D eigenvalue weighted by molar-refractivity contribution is 7.98. The molecule has 2 rings (SSSR count). The lowest BCUT2D eigenvalue weighted by atomic mass is 9.84. The number of Topliss-reactive ketones (excluding diaryl/α,β-unsaturated/α-hetero) is 1. The van der Waals surface area contributed by atoms with Crippen LogP contribution in [-0.2, 0) is 0 Å². The molecule has 0 heterocycles. The second-order valence-corrected chi connectivity index (χ2v) is 5.31. The average Bonchev–Trinajstić information content (AvgIpc) is 2.39. The Balaban J connectivity index is 2.07. The molecule has 1 nitrogen and oxygen atoms in total. The third-order valence-corrected chi connectivity index (χ3v) is 4.09. The van der Waals surface area contributed by atoms with Crippen LogP contribution in [0, 0.1) is 5.92 Å². The fourth-order valence-corrected chi connectivity index (χ4v) is 2.76. The molecular weight excluding hydrogens is 216 g/mol. The maximum absolute atomic E-state index is 12.2. The maximum Gasteiger partial charge on any atom is 0.165 e. The summed E-state index contributed by atoms with van der Waals surface area (Å²) in [5.41, 5.74) is 0.893. The highest BCUT2D eigenvalue weighted by Crippen LogP contribution is 2.27. The van der Waals surface area contributed by atoms with Crippen molar-refractivity contribution in [1.82, 2.24) is 0 Å². The number of thioether (sulfide) groups is 1. The van der Waals surface area contributed by atoms with Gasteiger partial charge in [-0.2, -0.15) is 0 Å². The summed E-state index contributed by atoms with van der Waals surface area (Å²) in [4.78, 5) is 13.4. The fraction of sp³-hybridized carbons (Fsp3) is 0.500. The minimum absolute atomic E-state index is 0.286. The zero-order valence-electron chi connectivity index (χ0n) is 9.74. The van der Waals surface area contributed by atoms with E-state index in [1.165, 1.54) is 24.2 Å². The van der Waals surface area contributed by atoms with Crippen LogP contribution in [0.3, 0.4) is 0 Å². The van der Waals surface area contributed by atoms with Gasteiger partial charge in [0, 0.05) is 16.4 Å². The van der Waals surface area contributed by atoms with Crippen LogP contribution in [-0.4, -0.2) is 12.0 Å². The predicted molar refractivity (Wildman–Crippen MR) is 69.1 cm³/mol. The molecule has 1 aromatic rings. The zero-order valence-corrected chi connectivity index (χ0v) is 10.6. The van der Waals surface area contributed by atoms with E-state index in [1.54, 1.807) is 11.8 Å². The summed E-state index contributed by atoms with van der Waals surface area (Å²) in [7, 11) is 0. The van der Waals surface area contributed by atoms with Gasteiger partial charge in [0.1, 0.15) is 0 Å².